The summed E-state index contributed by atoms with van der Waals surface area (Å²) in [5.41, 5.74) is -0.251. The Balaban J connectivity index is 1.60. The van der Waals surface area contributed by atoms with Gasteiger partial charge < -0.3 is 15.4 Å². The highest BCUT2D eigenvalue weighted by Crippen LogP contribution is 2.35. The second-order valence-corrected chi connectivity index (χ2v) is 7.09. The molecule has 1 aliphatic carbocycles. The molecule has 1 aromatic carbocycles. The van der Waals surface area contributed by atoms with E-state index < -0.39 is 17.4 Å². The second-order valence-electron chi connectivity index (χ2n) is 7.09. The number of para-hydroxylation sites is 2. The third-order valence-electron chi connectivity index (χ3n) is 5.09. The van der Waals surface area contributed by atoms with Gasteiger partial charge in [-0.15, -0.1) is 0 Å². The van der Waals surface area contributed by atoms with Crippen LogP contribution in [0.3, 0.4) is 0 Å². The van der Waals surface area contributed by atoms with Gasteiger partial charge in [0.1, 0.15) is 11.6 Å². The predicted molar refractivity (Wildman–Crippen MR) is 97.2 cm³/mol. The van der Waals surface area contributed by atoms with Gasteiger partial charge in [0.2, 0.25) is 0 Å². The zero-order valence-electron chi connectivity index (χ0n) is 14.9. The van der Waals surface area contributed by atoms with Crippen LogP contribution in [0.2, 0.25) is 0 Å². The van der Waals surface area contributed by atoms with Crippen molar-refractivity contribution in [2.75, 3.05) is 10.6 Å². The maximum absolute atomic E-state index is 12.9. The molecule has 26 heavy (non-hydrogen) atoms. The van der Waals surface area contributed by atoms with E-state index in [2.05, 4.69) is 15.7 Å². The van der Waals surface area contributed by atoms with Crippen molar-refractivity contribution in [2.45, 2.75) is 51.2 Å². The lowest BCUT2D eigenvalue weighted by Gasteiger charge is -2.33. The number of nitrogens with zero attached hydrogens (tertiary/aromatic N) is 2. The summed E-state index contributed by atoms with van der Waals surface area (Å²) in [5.74, 6) is 0.0853. The van der Waals surface area contributed by atoms with E-state index >= 15 is 0 Å². The summed E-state index contributed by atoms with van der Waals surface area (Å²) in [6.07, 6.45) is 4.42. The minimum Gasteiger partial charge on any atom is -0.466 e. The topological polar surface area (TPSA) is 85.3 Å². The molecule has 0 radical (unpaired) electrons. The van der Waals surface area contributed by atoms with E-state index in [1.165, 1.54) is 6.92 Å². The van der Waals surface area contributed by atoms with E-state index in [4.69, 9.17) is 4.74 Å². The first kappa shape index (κ1) is 16.6. The molecule has 1 saturated carbocycles. The summed E-state index contributed by atoms with van der Waals surface area (Å²) < 4.78 is 7.66. The van der Waals surface area contributed by atoms with E-state index in [0.29, 0.717) is 17.3 Å². The molecule has 2 aromatic rings. The van der Waals surface area contributed by atoms with Gasteiger partial charge in [0.25, 0.3) is 17.4 Å². The molecule has 2 aliphatic rings. The molecule has 0 bridgehead atoms. The Morgan fingerprint density at radius 1 is 1.35 bits per heavy atom. The van der Waals surface area contributed by atoms with Crippen LogP contribution in [0.5, 0.6) is 5.75 Å². The van der Waals surface area contributed by atoms with Gasteiger partial charge in [-0.3, -0.25) is 9.59 Å². The van der Waals surface area contributed by atoms with Gasteiger partial charge in [0, 0.05) is 6.07 Å². The predicted octanol–water partition coefficient (Wildman–Crippen LogP) is 3.03. The molecular weight excluding hydrogens is 332 g/mol. The van der Waals surface area contributed by atoms with Crippen LogP contribution in [0.4, 0.5) is 11.5 Å². The smallest absolute Gasteiger partial charge is 0.279 e. The van der Waals surface area contributed by atoms with Crippen LogP contribution < -0.4 is 15.4 Å². The number of carbonyl (C=O) groups is 2. The third-order valence-corrected chi connectivity index (χ3v) is 5.09. The fourth-order valence-electron chi connectivity index (χ4n) is 3.59. The molecule has 7 heteroatoms. The zero-order valence-corrected chi connectivity index (χ0v) is 14.9. The molecule has 2 amide bonds. The summed E-state index contributed by atoms with van der Waals surface area (Å²) in [6, 6.07) is 9.18. The van der Waals surface area contributed by atoms with Crippen LogP contribution in [0.1, 0.15) is 44.3 Å². The number of aryl methyl sites for hydroxylation is 1. The van der Waals surface area contributed by atoms with Crippen LogP contribution in [-0.4, -0.2) is 27.2 Å². The van der Waals surface area contributed by atoms with Crippen molar-refractivity contribution in [2.24, 2.45) is 0 Å². The van der Waals surface area contributed by atoms with Crippen LogP contribution in [0.25, 0.3) is 0 Å². The molecular formula is C19H22N4O3. The Labute approximate surface area is 151 Å². The van der Waals surface area contributed by atoms with Gasteiger partial charge in [-0.25, -0.2) is 4.68 Å². The minimum absolute atomic E-state index is 0.286. The van der Waals surface area contributed by atoms with Crippen molar-refractivity contribution in [3.8, 4) is 5.75 Å². The van der Waals surface area contributed by atoms with E-state index in [9.17, 15) is 9.59 Å². The first-order valence-electron chi connectivity index (χ1n) is 8.94. The molecule has 2 N–H and O–H groups in total. The Kier molecular flexibility index (Phi) is 3.94. The van der Waals surface area contributed by atoms with Crippen molar-refractivity contribution >= 4 is 23.3 Å². The van der Waals surface area contributed by atoms with Gasteiger partial charge >= 0.3 is 0 Å². The van der Waals surface area contributed by atoms with Gasteiger partial charge in [0.05, 0.1) is 17.4 Å². The Morgan fingerprint density at radius 2 is 2.08 bits per heavy atom. The Bertz CT molecular complexity index is 869. The van der Waals surface area contributed by atoms with E-state index in [-0.39, 0.29) is 6.04 Å². The fourth-order valence-corrected chi connectivity index (χ4v) is 3.59. The minimum atomic E-state index is -1.65. The first-order chi connectivity index (χ1) is 12.5. The molecule has 1 unspecified atom stereocenters. The molecule has 2 heterocycles. The highest BCUT2D eigenvalue weighted by molar-refractivity contribution is 6.18. The van der Waals surface area contributed by atoms with Crippen molar-refractivity contribution in [1.82, 2.24) is 9.78 Å². The molecule has 4 rings (SSSR count). The van der Waals surface area contributed by atoms with Crippen LogP contribution >= 0.6 is 0 Å². The molecule has 7 nitrogen and oxygen atoms in total. The van der Waals surface area contributed by atoms with E-state index in [1.807, 2.05) is 17.7 Å². The van der Waals surface area contributed by atoms with Crippen molar-refractivity contribution in [3.63, 3.8) is 0 Å². The Hall–Kier alpha value is -2.83. The zero-order chi connectivity index (χ0) is 18.3. The monoisotopic (exact) mass is 354 g/mol. The molecule has 136 valence electrons. The molecule has 0 saturated heterocycles. The number of rotatable bonds is 3. The number of benzene rings is 1. The Morgan fingerprint density at radius 3 is 2.85 bits per heavy atom. The number of fused-ring (bicyclic) bond motifs is 1. The number of anilines is 2. The highest BCUT2D eigenvalue weighted by Gasteiger charge is 2.47. The molecule has 1 atom stereocenters. The average molecular weight is 354 g/mol. The van der Waals surface area contributed by atoms with Crippen molar-refractivity contribution in [1.29, 1.82) is 0 Å². The summed E-state index contributed by atoms with van der Waals surface area (Å²) in [4.78, 5) is 25.5. The summed E-state index contributed by atoms with van der Waals surface area (Å²) in [6.45, 7) is 3.37. The van der Waals surface area contributed by atoms with Gasteiger partial charge in [0.15, 0.2) is 0 Å². The quantitative estimate of drug-likeness (QED) is 0.830. The molecule has 1 fully saturated rings. The summed E-state index contributed by atoms with van der Waals surface area (Å²) in [5, 5.41) is 10.1. The summed E-state index contributed by atoms with van der Waals surface area (Å²) in [7, 11) is 0. The van der Waals surface area contributed by atoms with E-state index in [1.54, 1.807) is 24.3 Å². The lowest BCUT2D eigenvalue weighted by atomic mass is 10.0. The number of aromatic nitrogens is 2. The molecule has 0 spiro atoms. The standard InChI is InChI=1S/C19H22N4O3/c1-12-11-16(23(22-12)13-7-3-4-8-13)21-18(25)19(2)17(24)20-14-9-5-6-10-15(14)26-19/h5-6,9-11,13H,3-4,7-8H2,1-2H3,(H,20,24)(H,21,25). The maximum Gasteiger partial charge on any atom is 0.279 e. The SMILES string of the molecule is Cc1cc(NC(=O)C2(C)Oc3ccccc3NC2=O)n(C2CCCC2)n1. The van der Waals surface area contributed by atoms with E-state index in [0.717, 1.165) is 31.4 Å². The number of carbonyl (C=O) groups excluding carboxylic acids is 2. The lowest BCUT2D eigenvalue weighted by Crippen LogP contribution is -2.56. The number of ether oxygens (including phenoxy) is 1. The van der Waals surface area contributed by atoms with Gasteiger partial charge in [-0.05, 0) is 38.8 Å². The average Bonchev–Trinajstić information content (AvgIpc) is 3.25. The number of hydrogen-bond donors (Lipinski definition) is 2. The maximum atomic E-state index is 12.9. The molecule has 1 aromatic heterocycles. The van der Waals surface area contributed by atoms with Crippen LogP contribution in [-0.2, 0) is 9.59 Å². The van der Waals surface area contributed by atoms with Crippen LogP contribution in [0, 0.1) is 6.92 Å². The van der Waals surface area contributed by atoms with Crippen molar-refractivity contribution < 1.29 is 14.3 Å². The number of hydrogen-bond acceptors (Lipinski definition) is 4. The van der Waals surface area contributed by atoms with Gasteiger partial charge in [-0.2, -0.15) is 5.10 Å². The second kappa shape index (κ2) is 6.16. The van der Waals surface area contributed by atoms with Crippen LogP contribution in [0.15, 0.2) is 30.3 Å². The first-order valence-corrected chi connectivity index (χ1v) is 8.94. The number of amides is 2. The van der Waals surface area contributed by atoms with Gasteiger partial charge in [-0.1, -0.05) is 25.0 Å². The van der Waals surface area contributed by atoms with Crippen molar-refractivity contribution in [3.05, 3.63) is 36.0 Å². The molecule has 1 aliphatic heterocycles. The summed E-state index contributed by atoms with van der Waals surface area (Å²) >= 11 is 0. The largest absolute Gasteiger partial charge is 0.466 e. The normalized spacial score (nSPS) is 22.5. The third kappa shape index (κ3) is 2.73. The lowest BCUT2D eigenvalue weighted by molar-refractivity contribution is -0.143. The fraction of sp³-hybridized carbons (Fsp3) is 0.421. The number of nitrogens with one attached hydrogen (secondary N) is 2. The highest BCUT2D eigenvalue weighted by atomic mass is 16.5.